The van der Waals surface area contributed by atoms with Gasteiger partial charge in [-0.25, -0.2) is 4.39 Å². The monoisotopic (exact) mass is 551 g/mol. The summed E-state index contributed by atoms with van der Waals surface area (Å²) in [5.41, 5.74) is 3.67. The standard InChI is InChI=1S/C29H30FN3O7/c1-33(2)19-9-15(12-32-11-13-5-3-4-6-18(13)30)24(35)22-17(19)8-14-7-16-10-20(34)23(28(31)39)27(38)29(16,40)26(37)21(14)25(22)36/h3-6,9,14,16,32,35-36,38,40H,7-8,10-12H2,1-2H3,(H2,31,39)/t14-,16+,29+/m1/s1. The third-order valence-corrected chi connectivity index (χ3v) is 8.19. The quantitative estimate of drug-likeness (QED) is 0.293. The number of hydrogen-bond acceptors (Lipinski definition) is 9. The van der Waals surface area contributed by atoms with E-state index in [2.05, 4.69) is 5.32 Å². The zero-order valence-corrected chi connectivity index (χ0v) is 22.0. The number of hydrogen-bond donors (Lipinski definition) is 6. The summed E-state index contributed by atoms with van der Waals surface area (Å²) in [6.07, 6.45) is -0.110. The van der Waals surface area contributed by atoms with E-state index in [0.29, 0.717) is 22.4 Å². The van der Waals surface area contributed by atoms with E-state index in [1.54, 1.807) is 43.3 Å². The van der Waals surface area contributed by atoms with Crippen LogP contribution in [0.4, 0.5) is 10.1 Å². The smallest absolute Gasteiger partial charge is 0.255 e. The van der Waals surface area contributed by atoms with E-state index < -0.39 is 52.0 Å². The third-order valence-electron chi connectivity index (χ3n) is 8.19. The highest BCUT2D eigenvalue weighted by molar-refractivity contribution is 6.22. The number of nitrogens with one attached hydrogen (secondary N) is 1. The number of aromatic hydroxyl groups is 1. The van der Waals surface area contributed by atoms with Gasteiger partial charge in [0.25, 0.3) is 5.91 Å². The lowest BCUT2D eigenvalue weighted by Gasteiger charge is -2.46. The first kappa shape index (κ1) is 27.4. The van der Waals surface area contributed by atoms with Crippen LogP contribution in [0.2, 0.25) is 0 Å². The third kappa shape index (κ3) is 4.04. The minimum atomic E-state index is -2.62. The number of Topliss-reactive ketones (excluding diaryl/α,β-unsaturated/α-hetero) is 2. The molecule has 11 heteroatoms. The minimum Gasteiger partial charge on any atom is -0.508 e. The Bertz CT molecular complexity index is 1530. The largest absolute Gasteiger partial charge is 0.508 e. The lowest BCUT2D eigenvalue weighted by Crippen LogP contribution is -2.58. The van der Waals surface area contributed by atoms with Gasteiger partial charge in [-0.1, -0.05) is 18.2 Å². The fourth-order valence-electron chi connectivity index (χ4n) is 6.23. The first-order valence-corrected chi connectivity index (χ1v) is 12.8. The maximum atomic E-state index is 14.0. The van der Waals surface area contributed by atoms with Crippen LogP contribution in [-0.2, 0) is 33.9 Å². The molecule has 0 aromatic heterocycles. The summed E-state index contributed by atoms with van der Waals surface area (Å²) in [4.78, 5) is 39.9. The molecule has 0 spiro atoms. The molecule has 3 aliphatic carbocycles. The van der Waals surface area contributed by atoms with Crippen molar-refractivity contribution >= 4 is 28.9 Å². The Hall–Kier alpha value is -4.22. The number of benzene rings is 2. The Morgan fingerprint density at radius 2 is 1.80 bits per heavy atom. The van der Waals surface area contributed by atoms with Crippen LogP contribution in [0, 0.1) is 17.7 Å². The fourth-order valence-corrected chi connectivity index (χ4v) is 6.23. The van der Waals surface area contributed by atoms with Crippen molar-refractivity contribution in [3.63, 3.8) is 0 Å². The molecule has 3 aliphatic rings. The minimum absolute atomic E-state index is 0.0148. The van der Waals surface area contributed by atoms with Crippen LogP contribution in [0.25, 0.3) is 5.76 Å². The van der Waals surface area contributed by atoms with Gasteiger partial charge in [0.2, 0.25) is 5.78 Å². The Morgan fingerprint density at radius 3 is 2.45 bits per heavy atom. The lowest BCUT2D eigenvalue weighted by molar-refractivity contribution is -0.147. The number of phenols is 1. The summed E-state index contributed by atoms with van der Waals surface area (Å²) in [5.74, 6) is -7.05. The molecule has 0 bridgehead atoms. The molecule has 1 amide bonds. The van der Waals surface area contributed by atoms with Gasteiger partial charge in [-0.3, -0.25) is 14.4 Å². The number of primary amides is 1. The van der Waals surface area contributed by atoms with Crippen molar-refractivity contribution < 1.29 is 39.2 Å². The van der Waals surface area contributed by atoms with Crippen molar-refractivity contribution in [2.24, 2.45) is 17.6 Å². The number of amides is 1. The van der Waals surface area contributed by atoms with Gasteiger partial charge >= 0.3 is 0 Å². The number of ketones is 2. The topological polar surface area (TPSA) is 173 Å². The van der Waals surface area contributed by atoms with E-state index in [9.17, 15) is 39.2 Å². The molecule has 210 valence electrons. The molecule has 0 saturated heterocycles. The number of rotatable bonds is 6. The van der Waals surface area contributed by atoms with Gasteiger partial charge in [0.05, 0.1) is 5.56 Å². The van der Waals surface area contributed by atoms with Gasteiger partial charge in [0, 0.05) is 61.9 Å². The van der Waals surface area contributed by atoms with Crippen LogP contribution in [-0.4, -0.2) is 57.6 Å². The van der Waals surface area contributed by atoms with Gasteiger partial charge in [-0.05, 0) is 36.5 Å². The first-order chi connectivity index (χ1) is 18.9. The van der Waals surface area contributed by atoms with Crippen LogP contribution >= 0.6 is 0 Å². The maximum Gasteiger partial charge on any atom is 0.255 e. The molecular weight excluding hydrogens is 521 g/mol. The number of aliphatic hydroxyl groups excluding tert-OH is 2. The van der Waals surface area contributed by atoms with Crippen LogP contribution in [0.3, 0.4) is 0 Å². The average molecular weight is 552 g/mol. The molecule has 0 aliphatic heterocycles. The van der Waals surface area contributed by atoms with Crippen molar-refractivity contribution in [1.82, 2.24) is 5.32 Å². The number of aliphatic hydroxyl groups is 3. The second-order valence-electron chi connectivity index (χ2n) is 10.8. The summed E-state index contributed by atoms with van der Waals surface area (Å²) in [7, 11) is 3.58. The van der Waals surface area contributed by atoms with Crippen LogP contribution < -0.4 is 16.0 Å². The zero-order chi connectivity index (χ0) is 29.1. The second-order valence-corrected chi connectivity index (χ2v) is 10.8. The molecule has 3 atom stereocenters. The van der Waals surface area contributed by atoms with E-state index >= 15 is 0 Å². The number of anilines is 1. The maximum absolute atomic E-state index is 14.0. The van der Waals surface area contributed by atoms with Gasteiger partial charge < -0.3 is 36.4 Å². The molecule has 0 radical (unpaired) electrons. The van der Waals surface area contributed by atoms with Crippen LogP contribution in [0.1, 0.15) is 35.1 Å². The molecule has 2 aromatic carbocycles. The molecule has 5 rings (SSSR count). The van der Waals surface area contributed by atoms with Gasteiger partial charge in [0.1, 0.15) is 28.7 Å². The summed E-state index contributed by atoms with van der Waals surface area (Å²) in [6.45, 7) is 0.281. The highest BCUT2D eigenvalue weighted by Gasteiger charge is 2.60. The Kier molecular flexibility index (Phi) is 6.67. The normalized spacial score (nSPS) is 24.0. The van der Waals surface area contributed by atoms with Crippen molar-refractivity contribution in [2.75, 3.05) is 19.0 Å². The Morgan fingerprint density at radius 1 is 1.12 bits per heavy atom. The average Bonchev–Trinajstić information content (AvgIpc) is 2.88. The molecule has 10 nitrogen and oxygen atoms in total. The highest BCUT2D eigenvalue weighted by Crippen LogP contribution is 2.53. The molecule has 0 heterocycles. The van der Waals surface area contributed by atoms with E-state index in [1.807, 2.05) is 0 Å². The van der Waals surface area contributed by atoms with Gasteiger partial charge in [-0.2, -0.15) is 0 Å². The predicted molar refractivity (Wildman–Crippen MR) is 143 cm³/mol. The number of carbonyl (C=O) groups excluding carboxylic acids is 3. The molecule has 0 unspecified atom stereocenters. The van der Waals surface area contributed by atoms with Crippen molar-refractivity contribution in [2.45, 2.75) is 38.0 Å². The second kappa shape index (κ2) is 9.76. The number of carbonyl (C=O) groups is 3. The highest BCUT2D eigenvalue weighted by atomic mass is 19.1. The first-order valence-electron chi connectivity index (χ1n) is 12.8. The van der Waals surface area contributed by atoms with E-state index in [1.165, 1.54) is 6.07 Å². The van der Waals surface area contributed by atoms with E-state index in [0.717, 1.165) is 0 Å². The van der Waals surface area contributed by atoms with Crippen LogP contribution in [0.15, 0.2) is 47.2 Å². The van der Waals surface area contributed by atoms with Crippen molar-refractivity contribution in [3.05, 3.63) is 75.3 Å². The summed E-state index contributed by atoms with van der Waals surface area (Å²) < 4.78 is 14.0. The summed E-state index contributed by atoms with van der Waals surface area (Å²) in [5, 5.41) is 47.9. The Balaban J connectivity index is 1.58. The number of nitrogens with two attached hydrogens (primary N) is 1. The molecular formula is C29H30FN3O7. The number of nitrogens with zero attached hydrogens (tertiary/aromatic N) is 1. The van der Waals surface area contributed by atoms with E-state index in [-0.39, 0.29) is 55.1 Å². The molecule has 7 N–H and O–H groups in total. The predicted octanol–water partition coefficient (Wildman–Crippen LogP) is 1.92. The molecule has 2 aromatic rings. The van der Waals surface area contributed by atoms with Crippen molar-refractivity contribution in [3.8, 4) is 5.75 Å². The lowest BCUT2D eigenvalue weighted by atomic mass is 9.59. The summed E-state index contributed by atoms with van der Waals surface area (Å²) >= 11 is 0. The number of phenolic OH excluding ortho intramolecular Hbond substituents is 1. The number of halogens is 1. The summed E-state index contributed by atoms with van der Waals surface area (Å²) in [6, 6.07) is 8.03. The Labute approximate surface area is 229 Å². The van der Waals surface area contributed by atoms with Gasteiger partial charge in [-0.15, -0.1) is 0 Å². The number of fused-ring (bicyclic) bond motifs is 3. The SMILES string of the molecule is CN(C)c1cc(CNCc2ccccc2F)c(O)c2c1C[C@H]1C[C@H]3CC(=O)C(C(N)=O)=C(O)[C@@]3(O)C(=O)C1=C2O. The van der Waals surface area contributed by atoms with Crippen LogP contribution in [0.5, 0.6) is 5.75 Å². The zero-order valence-electron chi connectivity index (χ0n) is 22.0. The molecule has 1 saturated carbocycles. The molecule has 1 fully saturated rings. The van der Waals surface area contributed by atoms with Gasteiger partial charge in [0.15, 0.2) is 11.4 Å². The fraction of sp³-hybridized carbons (Fsp3) is 0.345. The van der Waals surface area contributed by atoms with E-state index in [4.69, 9.17) is 5.73 Å². The molecule has 40 heavy (non-hydrogen) atoms. The van der Waals surface area contributed by atoms with Crippen molar-refractivity contribution in [1.29, 1.82) is 0 Å².